The van der Waals surface area contributed by atoms with E-state index in [0.717, 1.165) is 10.9 Å². The van der Waals surface area contributed by atoms with Crippen molar-refractivity contribution in [2.45, 2.75) is 26.3 Å². The second-order valence-electron chi connectivity index (χ2n) is 6.56. The third kappa shape index (κ3) is 2.21. The molecule has 6 heteroatoms. The number of amidine groups is 1. The van der Waals surface area contributed by atoms with Crippen molar-refractivity contribution < 1.29 is 14.3 Å². The van der Waals surface area contributed by atoms with Crippen molar-refractivity contribution in [1.29, 1.82) is 0 Å². The van der Waals surface area contributed by atoms with Crippen molar-refractivity contribution in [3.63, 3.8) is 0 Å². The van der Waals surface area contributed by atoms with Gasteiger partial charge >= 0.3 is 5.97 Å². The van der Waals surface area contributed by atoms with Gasteiger partial charge in [0.15, 0.2) is 0 Å². The first kappa shape index (κ1) is 16.2. The first-order valence-corrected chi connectivity index (χ1v) is 7.87. The predicted molar refractivity (Wildman–Crippen MR) is 92.2 cm³/mol. The lowest BCUT2D eigenvalue weighted by molar-refractivity contribution is -0.124. The van der Waals surface area contributed by atoms with Gasteiger partial charge in [0, 0.05) is 18.6 Å². The molecular weight excluding hydrogens is 306 g/mol. The fourth-order valence-electron chi connectivity index (χ4n) is 2.96. The third-order valence-corrected chi connectivity index (χ3v) is 4.84. The molecule has 0 saturated carbocycles. The number of nitrogens with zero attached hydrogens (tertiary/aromatic N) is 2. The van der Waals surface area contributed by atoms with Gasteiger partial charge in [-0.15, -0.1) is 0 Å². The van der Waals surface area contributed by atoms with E-state index in [1.54, 1.807) is 6.07 Å². The number of rotatable bonds is 3. The van der Waals surface area contributed by atoms with E-state index in [1.165, 1.54) is 7.11 Å². The predicted octanol–water partition coefficient (Wildman–Crippen LogP) is 2.26. The molecule has 1 amide bonds. The summed E-state index contributed by atoms with van der Waals surface area (Å²) in [7, 11) is 3.24. The Hall–Kier alpha value is -2.63. The Morgan fingerprint density at radius 1 is 1.33 bits per heavy atom. The zero-order valence-corrected chi connectivity index (χ0v) is 14.5. The minimum Gasteiger partial charge on any atom is -0.465 e. The molecule has 0 radical (unpaired) electrons. The normalized spacial score (nSPS) is 20.4. The molecule has 1 aromatic carbocycles. The lowest BCUT2D eigenvalue weighted by Crippen LogP contribution is -2.41. The van der Waals surface area contributed by atoms with Crippen molar-refractivity contribution in [3.05, 3.63) is 35.5 Å². The number of nitrogens with one attached hydrogen (secondary N) is 1. The van der Waals surface area contributed by atoms with Crippen LogP contribution in [0.2, 0.25) is 0 Å². The summed E-state index contributed by atoms with van der Waals surface area (Å²) in [4.78, 5) is 29.4. The first-order valence-electron chi connectivity index (χ1n) is 7.87. The van der Waals surface area contributed by atoms with Crippen molar-refractivity contribution >= 4 is 28.6 Å². The van der Waals surface area contributed by atoms with Crippen LogP contribution in [0.15, 0.2) is 29.4 Å². The summed E-state index contributed by atoms with van der Waals surface area (Å²) in [5.41, 5.74) is 0.976. The minimum absolute atomic E-state index is 0.0317. The molecule has 1 atom stereocenters. The Bertz CT molecular complexity index is 879. The van der Waals surface area contributed by atoms with Crippen molar-refractivity contribution in [3.8, 4) is 0 Å². The highest BCUT2D eigenvalue weighted by Gasteiger charge is 2.43. The summed E-state index contributed by atoms with van der Waals surface area (Å²) in [5.74, 6) is -0.161. The molecule has 0 spiro atoms. The first-order chi connectivity index (χ1) is 11.3. The van der Waals surface area contributed by atoms with Crippen molar-refractivity contribution in [2.24, 2.45) is 18.0 Å². The number of aryl methyl sites for hydroxylation is 1. The van der Waals surface area contributed by atoms with E-state index in [-0.39, 0.29) is 11.8 Å². The molecule has 2 heterocycles. The molecule has 0 saturated heterocycles. The van der Waals surface area contributed by atoms with Crippen LogP contribution in [0, 0.1) is 5.92 Å². The van der Waals surface area contributed by atoms with E-state index in [2.05, 4.69) is 10.3 Å². The lowest BCUT2D eigenvalue weighted by Gasteiger charge is -2.21. The zero-order valence-electron chi connectivity index (χ0n) is 14.5. The Morgan fingerprint density at radius 2 is 2.04 bits per heavy atom. The molecule has 1 unspecified atom stereocenters. The second-order valence-corrected chi connectivity index (χ2v) is 6.56. The van der Waals surface area contributed by atoms with Crippen LogP contribution in [0.3, 0.4) is 0 Å². The van der Waals surface area contributed by atoms with E-state index in [0.29, 0.717) is 17.0 Å². The van der Waals surface area contributed by atoms with Crippen LogP contribution in [0.5, 0.6) is 0 Å². The maximum absolute atomic E-state index is 12.5. The molecule has 1 N–H and O–H groups in total. The average Bonchev–Trinajstić information content (AvgIpc) is 3.07. The number of carbonyl (C=O) groups excluding carboxylic acids is 2. The van der Waals surface area contributed by atoms with Gasteiger partial charge in [-0.05, 0) is 25.0 Å². The molecule has 24 heavy (non-hydrogen) atoms. The number of fused-ring (bicyclic) bond motifs is 1. The highest BCUT2D eigenvalue weighted by molar-refractivity contribution is 6.23. The number of methoxy groups -OCH3 is 1. The summed E-state index contributed by atoms with van der Waals surface area (Å²) in [5, 5.41) is 3.83. The Labute approximate surface area is 140 Å². The van der Waals surface area contributed by atoms with Gasteiger partial charge in [-0.2, -0.15) is 0 Å². The molecule has 6 nitrogen and oxygen atoms in total. The highest BCUT2D eigenvalue weighted by Crippen LogP contribution is 2.31. The summed E-state index contributed by atoms with van der Waals surface area (Å²) < 4.78 is 6.83. The van der Waals surface area contributed by atoms with Crippen molar-refractivity contribution in [2.75, 3.05) is 7.11 Å². The van der Waals surface area contributed by atoms with Gasteiger partial charge < -0.3 is 14.6 Å². The van der Waals surface area contributed by atoms with Gasteiger partial charge in [-0.25, -0.2) is 4.79 Å². The van der Waals surface area contributed by atoms with Crippen LogP contribution in [0.1, 0.15) is 36.7 Å². The SMILES string of the molecule is COC(=O)c1ccc2ccn(C)c2c1C1=NC(C)(C(C)C)C(=O)N1. The molecule has 2 aromatic rings. The van der Waals surface area contributed by atoms with E-state index >= 15 is 0 Å². The topological polar surface area (TPSA) is 72.7 Å². The van der Waals surface area contributed by atoms with Gasteiger partial charge in [0.2, 0.25) is 0 Å². The quantitative estimate of drug-likeness (QED) is 0.879. The van der Waals surface area contributed by atoms with Crippen LogP contribution >= 0.6 is 0 Å². The molecule has 0 fully saturated rings. The monoisotopic (exact) mass is 327 g/mol. The summed E-state index contributed by atoms with van der Waals surface area (Å²) in [6, 6.07) is 5.53. The Balaban J connectivity index is 2.31. The number of carbonyl (C=O) groups is 2. The van der Waals surface area contributed by atoms with E-state index in [9.17, 15) is 9.59 Å². The number of hydrogen-bond donors (Lipinski definition) is 1. The van der Waals surface area contributed by atoms with Gasteiger partial charge in [0.05, 0.1) is 23.8 Å². The average molecular weight is 327 g/mol. The van der Waals surface area contributed by atoms with Gasteiger partial charge in [-0.1, -0.05) is 19.9 Å². The Kier molecular flexibility index (Phi) is 3.70. The van der Waals surface area contributed by atoms with Crippen LogP contribution in [0.25, 0.3) is 10.9 Å². The van der Waals surface area contributed by atoms with Gasteiger partial charge in [0.1, 0.15) is 11.4 Å². The van der Waals surface area contributed by atoms with E-state index in [4.69, 9.17) is 4.74 Å². The number of hydrogen-bond acceptors (Lipinski definition) is 4. The maximum atomic E-state index is 12.5. The fraction of sp³-hybridized carbons (Fsp3) is 0.389. The van der Waals surface area contributed by atoms with Gasteiger partial charge in [-0.3, -0.25) is 9.79 Å². The largest absolute Gasteiger partial charge is 0.465 e. The second kappa shape index (κ2) is 5.47. The van der Waals surface area contributed by atoms with Crippen LogP contribution in [0.4, 0.5) is 0 Å². The number of aromatic nitrogens is 1. The summed E-state index contributed by atoms with van der Waals surface area (Å²) >= 11 is 0. The van der Waals surface area contributed by atoms with Crippen LogP contribution in [-0.4, -0.2) is 34.9 Å². The molecule has 1 aliphatic heterocycles. The number of amides is 1. The van der Waals surface area contributed by atoms with Gasteiger partial charge in [0.25, 0.3) is 5.91 Å². The molecule has 1 aliphatic rings. The maximum Gasteiger partial charge on any atom is 0.338 e. The minimum atomic E-state index is -0.851. The molecule has 3 rings (SSSR count). The molecule has 0 aliphatic carbocycles. The molecule has 1 aromatic heterocycles. The molecular formula is C18H21N3O3. The number of aliphatic imine (C=N–C) groups is 1. The van der Waals surface area contributed by atoms with E-state index < -0.39 is 11.5 Å². The van der Waals surface area contributed by atoms with Crippen molar-refractivity contribution in [1.82, 2.24) is 9.88 Å². The van der Waals surface area contributed by atoms with Crippen LogP contribution < -0.4 is 5.32 Å². The van der Waals surface area contributed by atoms with Crippen LogP contribution in [-0.2, 0) is 16.6 Å². The Morgan fingerprint density at radius 3 is 2.62 bits per heavy atom. The summed E-state index contributed by atoms with van der Waals surface area (Å²) in [6.07, 6.45) is 1.91. The zero-order chi connectivity index (χ0) is 17.6. The summed E-state index contributed by atoms with van der Waals surface area (Å²) in [6.45, 7) is 5.72. The third-order valence-electron chi connectivity index (χ3n) is 4.84. The lowest BCUT2D eigenvalue weighted by atomic mass is 9.89. The number of ether oxygens (including phenoxy) is 1. The molecule has 126 valence electrons. The smallest absolute Gasteiger partial charge is 0.338 e. The molecule has 0 bridgehead atoms. The highest BCUT2D eigenvalue weighted by atomic mass is 16.5. The standard InChI is InChI=1S/C18H21N3O3/c1-10(2)18(3)17(23)19-15(20-18)13-12(16(22)24-5)7-6-11-8-9-21(4)14(11)13/h6-10H,1-5H3,(H,19,20,23). The fourth-order valence-corrected chi connectivity index (χ4v) is 2.96. The van der Waals surface area contributed by atoms with E-state index in [1.807, 2.05) is 50.7 Å². The number of benzene rings is 1. The number of esters is 1.